The zero-order valence-electron chi connectivity index (χ0n) is 8.04. The molecule has 0 aromatic heterocycles. The van der Waals surface area contributed by atoms with Gasteiger partial charge >= 0.3 is 0 Å². The molecule has 1 aliphatic carbocycles. The third-order valence-electron chi connectivity index (χ3n) is 2.76. The Kier molecular flexibility index (Phi) is 2.59. The summed E-state index contributed by atoms with van der Waals surface area (Å²) in [4.78, 5) is 0. The average molecular weight is 170 g/mol. The number of hydrogen-bond donors (Lipinski definition) is 2. The van der Waals surface area contributed by atoms with Crippen molar-refractivity contribution in [1.29, 1.82) is 0 Å². The lowest BCUT2D eigenvalue weighted by molar-refractivity contribution is -0.00548. The summed E-state index contributed by atoms with van der Waals surface area (Å²) in [5.41, 5.74) is 0.369. The molecule has 70 valence electrons. The third-order valence-corrected chi connectivity index (χ3v) is 2.76. The first-order chi connectivity index (χ1) is 5.41. The van der Waals surface area contributed by atoms with Gasteiger partial charge in [0.25, 0.3) is 0 Å². The number of hydrogen-bond acceptors (Lipinski definition) is 2. The predicted molar refractivity (Wildman–Crippen MR) is 48.8 cm³/mol. The van der Waals surface area contributed by atoms with E-state index in [0.717, 1.165) is 12.0 Å². The molecule has 2 atom stereocenters. The second kappa shape index (κ2) is 3.19. The molecule has 0 heterocycles. The van der Waals surface area contributed by atoms with E-state index in [1.807, 2.05) is 13.0 Å². The zero-order valence-corrected chi connectivity index (χ0v) is 8.04. The monoisotopic (exact) mass is 170 g/mol. The minimum absolute atomic E-state index is 0.191. The van der Waals surface area contributed by atoms with Crippen LogP contribution in [-0.2, 0) is 0 Å². The van der Waals surface area contributed by atoms with Crippen LogP contribution in [0.15, 0.2) is 11.6 Å². The van der Waals surface area contributed by atoms with Gasteiger partial charge in [-0.2, -0.15) is 0 Å². The van der Waals surface area contributed by atoms with Gasteiger partial charge in [0.05, 0.1) is 11.7 Å². The summed E-state index contributed by atoms with van der Waals surface area (Å²) in [6.45, 7) is 5.54. The van der Waals surface area contributed by atoms with Crippen molar-refractivity contribution in [2.24, 2.45) is 5.92 Å². The Morgan fingerprint density at radius 3 is 2.50 bits per heavy atom. The Morgan fingerprint density at radius 1 is 1.50 bits per heavy atom. The molecule has 0 aliphatic heterocycles. The number of aliphatic hydroxyl groups is 2. The maximum Gasteiger partial charge on any atom is 0.0751 e. The topological polar surface area (TPSA) is 40.5 Å². The van der Waals surface area contributed by atoms with E-state index in [2.05, 4.69) is 0 Å². The summed E-state index contributed by atoms with van der Waals surface area (Å²) >= 11 is 0. The molecule has 12 heavy (non-hydrogen) atoms. The van der Waals surface area contributed by atoms with Crippen LogP contribution in [0.4, 0.5) is 0 Å². The van der Waals surface area contributed by atoms with Crippen molar-refractivity contribution in [1.82, 2.24) is 0 Å². The first kappa shape index (κ1) is 9.75. The molecular weight excluding hydrogens is 152 g/mol. The van der Waals surface area contributed by atoms with Crippen molar-refractivity contribution in [2.75, 3.05) is 0 Å². The first-order valence-corrected chi connectivity index (χ1v) is 4.48. The Morgan fingerprint density at radius 2 is 2.08 bits per heavy atom. The van der Waals surface area contributed by atoms with E-state index >= 15 is 0 Å². The van der Waals surface area contributed by atoms with Gasteiger partial charge in [0.2, 0.25) is 0 Å². The highest BCUT2D eigenvalue weighted by molar-refractivity contribution is 5.10. The fourth-order valence-electron chi connectivity index (χ4n) is 1.59. The minimum Gasteiger partial charge on any atom is -0.390 e. The molecule has 0 unspecified atom stereocenters. The van der Waals surface area contributed by atoms with Crippen LogP contribution in [0, 0.1) is 5.92 Å². The van der Waals surface area contributed by atoms with E-state index in [1.165, 1.54) is 0 Å². The Bertz CT molecular complexity index is 189. The highest BCUT2D eigenvalue weighted by Crippen LogP contribution is 2.31. The minimum atomic E-state index is -0.668. The number of allylic oxidation sites excluding steroid dienone is 1. The lowest BCUT2D eigenvalue weighted by Crippen LogP contribution is -2.35. The smallest absolute Gasteiger partial charge is 0.0751 e. The molecule has 0 aromatic carbocycles. The van der Waals surface area contributed by atoms with Crippen LogP contribution >= 0.6 is 0 Å². The van der Waals surface area contributed by atoms with E-state index in [4.69, 9.17) is 0 Å². The van der Waals surface area contributed by atoms with E-state index < -0.39 is 5.60 Å². The molecule has 2 N–H and O–H groups in total. The average Bonchev–Trinajstić information content (AvgIpc) is 1.92. The van der Waals surface area contributed by atoms with Crippen LogP contribution < -0.4 is 0 Å². The summed E-state index contributed by atoms with van der Waals surface area (Å²) in [6.07, 6.45) is 3.24. The number of rotatable bonds is 1. The van der Waals surface area contributed by atoms with Crippen molar-refractivity contribution in [3.05, 3.63) is 11.6 Å². The van der Waals surface area contributed by atoms with Crippen molar-refractivity contribution in [3.63, 3.8) is 0 Å². The molecule has 2 heteroatoms. The van der Waals surface area contributed by atoms with Gasteiger partial charge in [-0.15, -0.1) is 0 Å². The Labute approximate surface area is 73.9 Å². The van der Waals surface area contributed by atoms with E-state index in [1.54, 1.807) is 13.8 Å². The number of aliphatic hydroxyl groups excluding tert-OH is 1. The summed E-state index contributed by atoms with van der Waals surface area (Å²) in [5.74, 6) is 0.191. The van der Waals surface area contributed by atoms with Crippen molar-refractivity contribution < 1.29 is 10.2 Å². The van der Waals surface area contributed by atoms with Crippen LogP contribution in [0.3, 0.4) is 0 Å². The molecule has 0 saturated carbocycles. The molecule has 0 saturated heterocycles. The lowest BCUT2D eigenvalue weighted by atomic mass is 9.78. The summed E-state index contributed by atoms with van der Waals surface area (Å²) in [7, 11) is 0. The summed E-state index contributed by atoms with van der Waals surface area (Å²) in [5, 5.41) is 19.2. The standard InChI is InChI=1S/C10H18O2/c1-7-4-5-8(6-9(7)11)10(2,3)12/h4,8-9,11-12H,5-6H2,1-3H3/t8-,9-/m1/s1. The van der Waals surface area contributed by atoms with Crippen LogP contribution in [0.1, 0.15) is 33.6 Å². The largest absolute Gasteiger partial charge is 0.390 e. The first-order valence-electron chi connectivity index (χ1n) is 4.48. The quantitative estimate of drug-likeness (QED) is 0.585. The van der Waals surface area contributed by atoms with E-state index in [0.29, 0.717) is 6.42 Å². The van der Waals surface area contributed by atoms with E-state index in [9.17, 15) is 10.2 Å². The molecule has 0 radical (unpaired) electrons. The summed E-state index contributed by atoms with van der Waals surface area (Å²) in [6, 6.07) is 0. The van der Waals surface area contributed by atoms with Gasteiger partial charge < -0.3 is 10.2 Å². The molecule has 0 spiro atoms. The normalized spacial score (nSPS) is 31.6. The highest BCUT2D eigenvalue weighted by Gasteiger charge is 2.30. The summed E-state index contributed by atoms with van der Waals surface area (Å²) < 4.78 is 0. The predicted octanol–water partition coefficient (Wildman–Crippen LogP) is 1.47. The Hall–Kier alpha value is -0.340. The van der Waals surface area contributed by atoms with Crippen molar-refractivity contribution in [3.8, 4) is 0 Å². The molecule has 0 aromatic rings. The van der Waals surface area contributed by atoms with Gasteiger partial charge in [0.1, 0.15) is 0 Å². The van der Waals surface area contributed by atoms with Crippen LogP contribution in [0.25, 0.3) is 0 Å². The lowest BCUT2D eigenvalue weighted by Gasteiger charge is -2.33. The van der Waals surface area contributed by atoms with E-state index in [-0.39, 0.29) is 12.0 Å². The molecule has 1 rings (SSSR count). The molecule has 2 nitrogen and oxygen atoms in total. The molecule has 1 aliphatic rings. The molecule has 0 amide bonds. The van der Waals surface area contributed by atoms with Crippen molar-refractivity contribution >= 4 is 0 Å². The molecular formula is C10H18O2. The van der Waals surface area contributed by atoms with Gasteiger partial charge in [0, 0.05) is 0 Å². The zero-order chi connectivity index (χ0) is 9.35. The maximum atomic E-state index is 9.71. The highest BCUT2D eigenvalue weighted by atomic mass is 16.3. The van der Waals surface area contributed by atoms with Crippen LogP contribution in [0.2, 0.25) is 0 Å². The van der Waals surface area contributed by atoms with Crippen LogP contribution in [0.5, 0.6) is 0 Å². The fraction of sp³-hybridized carbons (Fsp3) is 0.800. The molecule has 0 fully saturated rings. The SMILES string of the molecule is CC1=CC[C@@H](C(C)(C)O)C[C@H]1O. The van der Waals surface area contributed by atoms with Gasteiger partial charge in [0.15, 0.2) is 0 Å². The third kappa shape index (κ3) is 2.08. The van der Waals surface area contributed by atoms with Gasteiger partial charge in [-0.05, 0) is 45.1 Å². The van der Waals surface area contributed by atoms with Crippen molar-refractivity contribution in [2.45, 2.75) is 45.3 Å². The Balaban J connectivity index is 2.65. The second-order valence-electron chi connectivity index (χ2n) is 4.29. The van der Waals surface area contributed by atoms with Gasteiger partial charge in [-0.1, -0.05) is 6.08 Å². The van der Waals surface area contributed by atoms with Crippen LogP contribution in [-0.4, -0.2) is 21.9 Å². The van der Waals surface area contributed by atoms with Gasteiger partial charge in [-0.3, -0.25) is 0 Å². The maximum absolute atomic E-state index is 9.71. The van der Waals surface area contributed by atoms with Gasteiger partial charge in [-0.25, -0.2) is 0 Å². The second-order valence-corrected chi connectivity index (χ2v) is 4.29. The fourth-order valence-corrected chi connectivity index (χ4v) is 1.59. The molecule has 0 bridgehead atoms.